The quantitative estimate of drug-likeness (QED) is 0.533. The highest BCUT2D eigenvalue weighted by atomic mass is 19.1. The van der Waals surface area contributed by atoms with Crippen LogP contribution in [0.15, 0.2) is 79.3 Å². The second-order valence-corrected chi connectivity index (χ2v) is 6.77. The summed E-state index contributed by atoms with van der Waals surface area (Å²) in [6, 6.07) is 17.4. The lowest BCUT2D eigenvalue weighted by Gasteiger charge is -2.20. The third-order valence-corrected chi connectivity index (χ3v) is 4.72. The molecule has 2 aromatic carbocycles. The minimum absolute atomic E-state index is 0.305. The number of halogens is 1. The Bertz CT molecular complexity index is 1120. The largest absolute Gasteiger partial charge is 0.341 e. The van der Waals surface area contributed by atoms with Crippen molar-refractivity contribution in [1.82, 2.24) is 20.5 Å². The normalized spacial score (nSPS) is 11.8. The highest BCUT2D eigenvalue weighted by Crippen LogP contribution is 2.25. The van der Waals surface area contributed by atoms with Gasteiger partial charge in [0.25, 0.3) is 5.91 Å². The van der Waals surface area contributed by atoms with Crippen LogP contribution in [-0.2, 0) is 0 Å². The van der Waals surface area contributed by atoms with Crippen LogP contribution in [0.1, 0.15) is 33.1 Å². The van der Waals surface area contributed by atoms with Crippen molar-refractivity contribution in [1.29, 1.82) is 0 Å². The number of hydrogen-bond acceptors (Lipinski definition) is 3. The Labute approximate surface area is 167 Å². The van der Waals surface area contributed by atoms with Crippen LogP contribution in [0.4, 0.5) is 4.39 Å². The highest BCUT2D eigenvalue weighted by Gasteiger charge is 2.21. The summed E-state index contributed by atoms with van der Waals surface area (Å²) >= 11 is 0. The Balaban J connectivity index is 1.68. The number of rotatable bonds is 5. The second kappa shape index (κ2) is 8.06. The third kappa shape index (κ3) is 4.06. The molecule has 0 spiro atoms. The molecule has 4 rings (SSSR count). The maximum Gasteiger partial charge on any atom is 0.255 e. The fourth-order valence-electron chi connectivity index (χ4n) is 3.21. The Morgan fingerprint density at radius 2 is 1.76 bits per heavy atom. The minimum Gasteiger partial charge on any atom is -0.341 e. The molecule has 4 aromatic rings. The summed E-state index contributed by atoms with van der Waals surface area (Å²) in [6.45, 7) is 2.01. The van der Waals surface area contributed by atoms with E-state index in [1.54, 1.807) is 24.5 Å². The molecule has 2 N–H and O–H groups in total. The van der Waals surface area contributed by atoms with E-state index in [1.807, 2.05) is 43.3 Å². The van der Waals surface area contributed by atoms with Gasteiger partial charge in [-0.2, -0.15) is 5.10 Å². The van der Waals surface area contributed by atoms with Crippen LogP contribution in [0.2, 0.25) is 0 Å². The van der Waals surface area contributed by atoms with Crippen molar-refractivity contribution in [2.24, 2.45) is 0 Å². The van der Waals surface area contributed by atoms with Gasteiger partial charge in [-0.1, -0.05) is 42.0 Å². The van der Waals surface area contributed by atoms with E-state index in [4.69, 9.17) is 0 Å². The summed E-state index contributed by atoms with van der Waals surface area (Å²) in [5.74, 6) is -0.682. The number of amides is 1. The molecule has 2 heterocycles. The Kier molecular flexibility index (Phi) is 5.16. The summed E-state index contributed by atoms with van der Waals surface area (Å²) in [4.78, 5) is 17.2. The predicted molar refractivity (Wildman–Crippen MR) is 109 cm³/mol. The van der Waals surface area contributed by atoms with Crippen molar-refractivity contribution in [2.75, 3.05) is 0 Å². The van der Waals surface area contributed by atoms with Gasteiger partial charge in [-0.15, -0.1) is 0 Å². The lowest BCUT2D eigenvalue weighted by atomic mass is 9.98. The van der Waals surface area contributed by atoms with Crippen molar-refractivity contribution in [3.63, 3.8) is 0 Å². The molecule has 0 radical (unpaired) electrons. The standard InChI is InChI=1S/C23H19FN4O/c1-15-5-7-16(8-6-15)21(17-9-11-25-12-10-17)27-23(29)20-14-26-28-22(20)18-3-2-4-19(24)13-18/h2-14,21H,1H3,(H,26,28)(H,27,29)/t21-/m1/s1. The van der Waals surface area contributed by atoms with Crippen molar-refractivity contribution in [3.05, 3.63) is 107 Å². The topological polar surface area (TPSA) is 70.7 Å². The first-order valence-electron chi connectivity index (χ1n) is 9.18. The van der Waals surface area contributed by atoms with E-state index in [9.17, 15) is 9.18 Å². The molecule has 0 aliphatic carbocycles. The van der Waals surface area contributed by atoms with Crippen LogP contribution in [0, 0.1) is 12.7 Å². The van der Waals surface area contributed by atoms with Gasteiger partial charge in [0.2, 0.25) is 0 Å². The molecule has 2 aromatic heterocycles. The molecular weight excluding hydrogens is 367 g/mol. The lowest BCUT2D eigenvalue weighted by molar-refractivity contribution is 0.0943. The zero-order valence-electron chi connectivity index (χ0n) is 15.8. The highest BCUT2D eigenvalue weighted by molar-refractivity contribution is 6.00. The smallest absolute Gasteiger partial charge is 0.255 e. The van der Waals surface area contributed by atoms with Crippen molar-refractivity contribution in [3.8, 4) is 11.3 Å². The number of pyridine rings is 1. The number of aryl methyl sites for hydroxylation is 1. The third-order valence-electron chi connectivity index (χ3n) is 4.72. The predicted octanol–water partition coefficient (Wildman–Crippen LogP) is 4.44. The molecule has 29 heavy (non-hydrogen) atoms. The van der Waals surface area contributed by atoms with Gasteiger partial charge in [0, 0.05) is 18.0 Å². The van der Waals surface area contributed by atoms with Gasteiger partial charge in [-0.25, -0.2) is 4.39 Å². The van der Waals surface area contributed by atoms with Crippen molar-refractivity contribution < 1.29 is 9.18 Å². The first kappa shape index (κ1) is 18.6. The molecule has 0 unspecified atom stereocenters. The maximum absolute atomic E-state index is 13.6. The van der Waals surface area contributed by atoms with E-state index in [0.717, 1.165) is 16.7 Å². The van der Waals surface area contributed by atoms with Gasteiger partial charge in [-0.05, 0) is 42.3 Å². The van der Waals surface area contributed by atoms with Gasteiger partial charge in [0.05, 0.1) is 23.5 Å². The Hall–Kier alpha value is -3.80. The molecule has 0 aliphatic heterocycles. The fraction of sp³-hybridized carbons (Fsp3) is 0.0870. The van der Waals surface area contributed by atoms with Crippen molar-refractivity contribution in [2.45, 2.75) is 13.0 Å². The number of nitrogens with one attached hydrogen (secondary N) is 2. The summed E-state index contributed by atoms with van der Waals surface area (Å²) < 4.78 is 13.6. The molecule has 0 aliphatic rings. The molecule has 6 heteroatoms. The number of hydrogen-bond donors (Lipinski definition) is 2. The summed E-state index contributed by atoms with van der Waals surface area (Å²) in [7, 11) is 0. The number of benzene rings is 2. The van der Waals surface area contributed by atoms with Gasteiger partial charge in [-0.3, -0.25) is 14.9 Å². The second-order valence-electron chi connectivity index (χ2n) is 6.77. The van der Waals surface area contributed by atoms with Gasteiger partial charge < -0.3 is 5.32 Å². The Morgan fingerprint density at radius 1 is 1.03 bits per heavy atom. The van der Waals surface area contributed by atoms with Gasteiger partial charge in [0.1, 0.15) is 5.82 Å². The van der Waals surface area contributed by atoms with E-state index < -0.39 is 0 Å². The molecule has 0 fully saturated rings. The number of carbonyl (C=O) groups excluding carboxylic acids is 1. The number of nitrogens with zero attached hydrogens (tertiary/aromatic N) is 2. The van der Waals surface area contributed by atoms with Gasteiger partial charge in [0.15, 0.2) is 0 Å². The first-order valence-corrected chi connectivity index (χ1v) is 9.18. The first-order chi connectivity index (χ1) is 14.1. The van der Waals surface area contributed by atoms with E-state index in [0.29, 0.717) is 16.8 Å². The van der Waals surface area contributed by atoms with Crippen LogP contribution in [0.5, 0.6) is 0 Å². The zero-order chi connectivity index (χ0) is 20.2. The molecular formula is C23H19FN4O. The zero-order valence-corrected chi connectivity index (χ0v) is 15.8. The van der Waals surface area contributed by atoms with E-state index in [1.165, 1.54) is 18.3 Å². The molecule has 5 nitrogen and oxygen atoms in total. The van der Waals surface area contributed by atoms with E-state index in [2.05, 4.69) is 20.5 Å². The molecule has 144 valence electrons. The van der Waals surface area contributed by atoms with Crippen LogP contribution in [0.3, 0.4) is 0 Å². The monoisotopic (exact) mass is 386 g/mol. The minimum atomic E-state index is -0.377. The van der Waals surface area contributed by atoms with Crippen molar-refractivity contribution >= 4 is 5.91 Å². The molecule has 1 amide bonds. The number of carbonyl (C=O) groups is 1. The van der Waals surface area contributed by atoms with E-state index in [-0.39, 0.29) is 17.8 Å². The summed E-state index contributed by atoms with van der Waals surface area (Å²) in [5, 5.41) is 9.87. The molecule has 0 saturated carbocycles. The van der Waals surface area contributed by atoms with Crippen LogP contribution in [-0.4, -0.2) is 21.1 Å². The van der Waals surface area contributed by atoms with Crippen LogP contribution in [0.25, 0.3) is 11.3 Å². The van der Waals surface area contributed by atoms with E-state index >= 15 is 0 Å². The van der Waals surface area contributed by atoms with Crippen LogP contribution < -0.4 is 5.32 Å². The Morgan fingerprint density at radius 3 is 2.48 bits per heavy atom. The van der Waals surface area contributed by atoms with Gasteiger partial charge >= 0.3 is 0 Å². The average molecular weight is 386 g/mol. The number of aromatic amines is 1. The maximum atomic E-state index is 13.6. The SMILES string of the molecule is Cc1ccc([C@@H](NC(=O)c2cn[nH]c2-c2cccc(F)c2)c2ccncc2)cc1. The number of aromatic nitrogens is 3. The average Bonchev–Trinajstić information content (AvgIpc) is 3.23. The van der Waals surface area contributed by atoms with Crippen LogP contribution >= 0.6 is 0 Å². The molecule has 0 saturated heterocycles. The summed E-state index contributed by atoms with van der Waals surface area (Å²) in [5.41, 5.74) is 4.38. The summed E-state index contributed by atoms with van der Waals surface area (Å²) in [6.07, 6.45) is 4.84. The fourth-order valence-corrected chi connectivity index (χ4v) is 3.21. The number of H-pyrrole nitrogens is 1. The molecule has 0 bridgehead atoms. The lowest BCUT2D eigenvalue weighted by Crippen LogP contribution is -2.29. The molecule has 1 atom stereocenters.